The molecule has 132 valence electrons. The van der Waals surface area contributed by atoms with Gasteiger partial charge in [-0.1, -0.05) is 18.2 Å². The summed E-state index contributed by atoms with van der Waals surface area (Å²) >= 11 is 0. The topological polar surface area (TPSA) is 58.6 Å². The number of ether oxygens (including phenoxy) is 1. The number of carbonyl (C=O) groups is 2. The van der Waals surface area contributed by atoms with E-state index in [1.54, 1.807) is 4.90 Å². The van der Waals surface area contributed by atoms with Crippen molar-refractivity contribution in [3.05, 3.63) is 54.6 Å². The Hall–Kier alpha value is -2.82. The second kappa shape index (κ2) is 8.87. The molecule has 0 aromatic heterocycles. The third-order valence-corrected chi connectivity index (χ3v) is 3.52. The van der Waals surface area contributed by atoms with Gasteiger partial charge in [-0.15, -0.1) is 0 Å². The Labute approximate surface area is 148 Å². The van der Waals surface area contributed by atoms with Crippen LogP contribution in [0.2, 0.25) is 0 Å². The number of hydrogen-bond acceptors (Lipinski definition) is 3. The molecule has 5 heteroatoms. The SMILES string of the molecule is CC(=O)N(CCC(=O)Nc1ccccc1)c1ccc(OC(C)C)cc1. The molecule has 25 heavy (non-hydrogen) atoms. The quantitative estimate of drug-likeness (QED) is 0.833. The lowest BCUT2D eigenvalue weighted by Gasteiger charge is -2.21. The first-order valence-corrected chi connectivity index (χ1v) is 8.35. The van der Waals surface area contributed by atoms with Gasteiger partial charge >= 0.3 is 0 Å². The molecule has 0 heterocycles. The van der Waals surface area contributed by atoms with Crippen molar-refractivity contribution >= 4 is 23.2 Å². The standard InChI is InChI=1S/C20H24N2O3/c1-15(2)25-19-11-9-18(10-12-19)22(16(3)23)14-13-20(24)21-17-7-5-4-6-8-17/h4-12,15H,13-14H2,1-3H3,(H,21,24). The molecule has 0 aliphatic carbocycles. The number of nitrogens with zero attached hydrogens (tertiary/aromatic N) is 1. The molecule has 0 fully saturated rings. The van der Waals surface area contributed by atoms with Crippen LogP contribution in [0.15, 0.2) is 54.6 Å². The predicted molar refractivity (Wildman–Crippen MR) is 99.9 cm³/mol. The highest BCUT2D eigenvalue weighted by atomic mass is 16.5. The summed E-state index contributed by atoms with van der Waals surface area (Å²) in [7, 11) is 0. The Morgan fingerprint density at radius 1 is 1.04 bits per heavy atom. The number of nitrogens with one attached hydrogen (secondary N) is 1. The van der Waals surface area contributed by atoms with E-state index in [1.807, 2.05) is 68.4 Å². The molecule has 2 amide bonds. The Bertz CT molecular complexity index is 697. The van der Waals surface area contributed by atoms with Crippen molar-refractivity contribution in [2.45, 2.75) is 33.3 Å². The van der Waals surface area contributed by atoms with Crippen molar-refractivity contribution in [3.63, 3.8) is 0 Å². The van der Waals surface area contributed by atoms with E-state index in [0.717, 1.165) is 17.1 Å². The van der Waals surface area contributed by atoms with Crippen LogP contribution < -0.4 is 15.0 Å². The Balaban J connectivity index is 1.96. The molecule has 5 nitrogen and oxygen atoms in total. The summed E-state index contributed by atoms with van der Waals surface area (Å²) in [6, 6.07) is 16.6. The fraction of sp³-hybridized carbons (Fsp3) is 0.300. The first kappa shape index (κ1) is 18.5. The lowest BCUT2D eigenvalue weighted by Crippen LogP contribution is -2.31. The number of benzene rings is 2. The molecule has 2 aromatic carbocycles. The van der Waals surface area contributed by atoms with E-state index in [2.05, 4.69) is 5.32 Å². The third-order valence-electron chi connectivity index (χ3n) is 3.52. The van der Waals surface area contributed by atoms with Crippen LogP contribution in [-0.2, 0) is 9.59 Å². The van der Waals surface area contributed by atoms with Crippen molar-refractivity contribution in [2.24, 2.45) is 0 Å². The van der Waals surface area contributed by atoms with E-state index in [-0.39, 0.29) is 24.3 Å². The fourth-order valence-corrected chi connectivity index (χ4v) is 2.40. The van der Waals surface area contributed by atoms with Crippen LogP contribution in [0.4, 0.5) is 11.4 Å². The number of anilines is 2. The molecule has 0 aliphatic heterocycles. The van der Waals surface area contributed by atoms with Gasteiger partial charge in [-0.2, -0.15) is 0 Å². The number of carbonyl (C=O) groups excluding carboxylic acids is 2. The van der Waals surface area contributed by atoms with Crippen LogP contribution >= 0.6 is 0 Å². The molecule has 0 saturated carbocycles. The maximum atomic E-state index is 12.1. The maximum absolute atomic E-state index is 12.1. The van der Waals surface area contributed by atoms with Crippen LogP contribution in [0.25, 0.3) is 0 Å². The summed E-state index contributed by atoms with van der Waals surface area (Å²) < 4.78 is 5.61. The largest absolute Gasteiger partial charge is 0.491 e. The third kappa shape index (κ3) is 5.95. The molecular formula is C20H24N2O3. The van der Waals surface area contributed by atoms with Crippen molar-refractivity contribution in [1.82, 2.24) is 0 Å². The van der Waals surface area contributed by atoms with Gasteiger partial charge in [-0.25, -0.2) is 0 Å². The lowest BCUT2D eigenvalue weighted by molar-refractivity contribution is -0.117. The van der Waals surface area contributed by atoms with Gasteiger partial charge in [0.05, 0.1) is 6.10 Å². The van der Waals surface area contributed by atoms with Crippen molar-refractivity contribution in [1.29, 1.82) is 0 Å². The Morgan fingerprint density at radius 2 is 1.68 bits per heavy atom. The van der Waals surface area contributed by atoms with Crippen LogP contribution in [-0.4, -0.2) is 24.5 Å². The lowest BCUT2D eigenvalue weighted by atomic mass is 10.2. The summed E-state index contributed by atoms with van der Waals surface area (Å²) in [6.45, 7) is 5.73. The minimum Gasteiger partial charge on any atom is -0.491 e. The minimum atomic E-state index is -0.128. The van der Waals surface area contributed by atoms with Gasteiger partial charge < -0.3 is 15.0 Å². The summed E-state index contributed by atoms with van der Waals surface area (Å²) in [6.07, 6.45) is 0.315. The van der Waals surface area contributed by atoms with Crippen LogP contribution in [0, 0.1) is 0 Å². The zero-order chi connectivity index (χ0) is 18.2. The summed E-state index contributed by atoms with van der Waals surface area (Å²) in [5, 5.41) is 2.82. The van der Waals surface area contributed by atoms with E-state index < -0.39 is 0 Å². The van der Waals surface area contributed by atoms with Gasteiger partial charge in [0.15, 0.2) is 0 Å². The summed E-state index contributed by atoms with van der Waals surface area (Å²) in [4.78, 5) is 25.6. The average Bonchev–Trinajstić information content (AvgIpc) is 2.56. The molecule has 0 radical (unpaired) electrons. The van der Waals surface area contributed by atoms with E-state index in [4.69, 9.17) is 4.74 Å². The summed E-state index contributed by atoms with van der Waals surface area (Å²) in [5.74, 6) is 0.520. The monoisotopic (exact) mass is 340 g/mol. The molecule has 0 bridgehead atoms. The molecule has 2 aromatic rings. The first-order valence-electron chi connectivity index (χ1n) is 8.35. The van der Waals surface area contributed by atoms with Gasteiger partial charge in [0.25, 0.3) is 0 Å². The van der Waals surface area contributed by atoms with E-state index >= 15 is 0 Å². The highest BCUT2D eigenvalue weighted by Gasteiger charge is 2.14. The highest BCUT2D eigenvalue weighted by Crippen LogP contribution is 2.21. The van der Waals surface area contributed by atoms with Crippen LogP contribution in [0.5, 0.6) is 5.75 Å². The first-order chi connectivity index (χ1) is 12.0. The van der Waals surface area contributed by atoms with Crippen molar-refractivity contribution in [2.75, 3.05) is 16.8 Å². The maximum Gasteiger partial charge on any atom is 0.226 e. The van der Waals surface area contributed by atoms with E-state index in [9.17, 15) is 9.59 Å². The second-order valence-electron chi connectivity index (χ2n) is 6.00. The smallest absolute Gasteiger partial charge is 0.226 e. The molecule has 0 spiro atoms. The number of para-hydroxylation sites is 1. The average molecular weight is 340 g/mol. The number of hydrogen-bond donors (Lipinski definition) is 1. The van der Waals surface area contributed by atoms with Gasteiger partial charge in [0, 0.05) is 31.3 Å². The Morgan fingerprint density at radius 3 is 2.24 bits per heavy atom. The summed E-state index contributed by atoms with van der Waals surface area (Å²) in [5.41, 5.74) is 1.49. The van der Waals surface area contributed by atoms with Gasteiger partial charge in [0.2, 0.25) is 11.8 Å². The second-order valence-corrected chi connectivity index (χ2v) is 6.00. The molecule has 1 N–H and O–H groups in total. The molecular weight excluding hydrogens is 316 g/mol. The van der Waals surface area contributed by atoms with E-state index in [0.29, 0.717) is 6.54 Å². The van der Waals surface area contributed by atoms with Gasteiger partial charge in [0.1, 0.15) is 5.75 Å². The molecule has 0 unspecified atom stereocenters. The Kier molecular flexibility index (Phi) is 6.57. The normalized spacial score (nSPS) is 10.4. The number of amides is 2. The minimum absolute atomic E-state index is 0.0939. The number of rotatable bonds is 7. The van der Waals surface area contributed by atoms with Crippen LogP contribution in [0.3, 0.4) is 0 Å². The van der Waals surface area contributed by atoms with Gasteiger partial charge in [-0.3, -0.25) is 9.59 Å². The highest BCUT2D eigenvalue weighted by molar-refractivity contribution is 5.94. The molecule has 0 aliphatic rings. The molecule has 0 atom stereocenters. The zero-order valence-corrected chi connectivity index (χ0v) is 14.9. The zero-order valence-electron chi connectivity index (χ0n) is 14.9. The van der Waals surface area contributed by atoms with Gasteiger partial charge in [-0.05, 0) is 50.2 Å². The molecule has 2 rings (SSSR count). The van der Waals surface area contributed by atoms with Crippen LogP contribution in [0.1, 0.15) is 27.2 Å². The molecule has 0 saturated heterocycles. The van der Waals surface area contributed by atoms with E-state index in [1.165, 1.54) is 6.92 Å². The van der Waals surface area contributed by atoms with Crippen molar-refractivity contribution < 1.29 is 14.3 Å². The van der Waals surface area contributed by atoms with Crippen molar-refractivity contribution in [3.8, 4) is 5.75 Å². The fourth-order valence-electron chi connectivity index (χ4n) is 2.40. The predicted octanol–water partition coefficient (Wildman–Crippen LogP) is 3.86.